The van der Waals surface area contributed by atoms with Crippen LogP contribution in [-0.4, -0.2) is 28.2 Å². The Morgan fingerprint density at radius 2 is 0.853 bits per heavy atom. The topological polar surface area (TPSA) is 101 Å². The Balaban J connectivity index is 4.26. The quantitative estimate of drug-likeness (QED) is 0.107. The van der Waals surface area contributed by atoms with E-state index in [0.717, 1.165) is 38.5 Å². The summed E-state index contributed by atoms with van der Waals surface area (Å²) in [6.45, 7) is 4.46. The highest BCUT2D eigenvalue weighted by atomic mass is 16.4. The van der Waals surface area contributed by atoms with E-state index in [1.54, 1.807) is 0 Å². The van der Waals surface area contributed by atoms with E-state index in [9.17, 15) is 19.8 Å². The number of rotatable bonds is 26. The van der Waals surface area contributed by atoms with Gasteiger partial charge in [-0.3, -0.25) is 9.59 Å². The lowest BCUT2D eigenvalue weighted by molar-refractivity contribution is -0.147. The van der Waals surface area contributed by atoms with E-state index in [1.165, 1.54) is 89.9 Å². The van der Waals surface area contributed by atoms with Gasteiger partial charge >= 0.3 is 11.9 Å². The van der Waals surface area contributed by atoms with Gasteiger partial charge in [0.05, 0.1) is 5.92 Å². The summed E-state index contributed by atoms with van der Waals surface area (Å²) in [5, 5.41) is 19.3. The van der Waals surface area contributed by atoms with E-state index in [2.05, 4.69) is 13.8 Å². The number of nitrogens with two attached hydrogens (primary N) is 1. The Bertz CT molecular complexity index is 483. The van der Waals surface area contributed by atoms with Crippen molar-refractivity contribution in [1.82, 2.24) is 0 Å². The summed E-state index contributed by atoms with van der Waals surface area (Å²) in [5.74, 6) is -3.10. The predicted molar refractivity (Wildman–Crippen MR) is 143 cm³/mol. The Morgan fingerprint density at radius 3 is 1.18 bits per heavy atom. The molecule has 202 valence electrons. The summed E-state index contributed by atoms with van der Waals surface area (Å²) in [6.07, 6.45) is 25.2. The van der Waals surface area contributed by atoms with Gasteiger partial charge in [-0.2, -0.15) is 0 Å². The molecule has 4 N–H and O–H groups in total. The van der Waals surface area contributed by atoms with Crippen LogP contribution in [0.2, 0.25) is 0 Å². The van der Waals surface area contributed by atoms with Gasteiger partial charge in [0.15, 0.2) is 0 Å². The molecule has 0 aliphatic heterocycles. The second-order valence-electron chi connectivity index (χ2n) is 10.4. The second-order valence-corrected chi connectivity index (χ2v) is 10.4. The molecule has 0 saturated carbocycles. The van der Waals surface area contributed by atoms with Gasteiger partial charge < -0.3 is 15.9 Å². The highest BCUT2D eigenvalue weighted by Crippen LogP contribution is 2.28. The van der Waals surface area contributed by atoms with Crippen LogP contribution in [0.25, 0.3) is 0 Å². The minimum absolute atomic E-state index is 0.484. The summed E-state index contributed by atoms with van der Waals surface area (Å²) in [6, 6.07) is -1.09. The number of carbonyl (C=O) groups is 2. The fourth-order valence-corrected chi connectivity index (χ4v) is 5.05. The summed E-state index contributed by atoms with van der Waals surface area (Å²) < 4.78 is 0. The number of unbranched alkanes of at least 4 members (excludes halogenated alkanes) is 18. The number of aliphatic carboxylic acids is 2. The summed E-state index contributed by atoms with van der Waals surface area (Å²) in [4.78, 5) is 23.6. The smallest absolute Gasteiger partial charge is 0.320 e. The summed E-state index contributed by atoms with van der Waals surface area (Å²) in [7, 11) is 0. The minimum atomic E-state index is -1.09. The fraction of sp³-hybridized carbons (Fsp3) is 0.931. The molecule has 0 aliphatic carbocycles. The zero-order chi connectivity index (χ0) is 25.4. The van der Waals surface area contributed by atoms with Crippen LogP contribution in [0.3, 0.4) is 0 Å². The van der Waals surface area contributed by atoms with Crippen LogP contribution in [0.4, 0.5) is 0 Å². The first-order valence-electron chi connectivity index (χ1n) is 14.7. The minimum Gasteiger partial charge on any atom is -0.481 e. The standard InChI is InChI=1S/C29H57NO4/c1-3-5-7-9-11-13-15-17-19-21-23-25(27(30)29(33)34)26(28(31)32)24-22-20-18-16-14-12-10-8-6-4-2/h25-27H,3-24,30H2,1-2H3,(H,31,32)(H,33,34). The SMILES string of the molecule is CCCCCCCCCCCCC(C(=O)O)C(CCCCCCCCCCCC)C(N)C(=O)O. The number of carboxylic acid groups (broad SMARTS) is 2. The molecule has 0 fully saturated rings. The van der Waals surface area contributed by atoms with E-state index in [-0.39, 0.29) is 0 Å². The van der Waals surface area contributed by atoms with Gasteiger partial charge in [-0.15, -0.1) is 0 Å². The molecular formula is C29H57NO4. The van der Waals surface area contributed by atoms with Crippen LogP contribution in [-0.2, 0) is 9.59 Å². The molecule has 0 radical (unpaired) electrons. The number of hydrogen-bond donors (Lipinski definition) is 3. The van der Waals surface area contributed by atoms with Crippen LogP contribution in [0.5, 0.6) is 0 Å². The largest absolute Gasteiger partial charge is 0.481 e. The molecule has 0 heterocycles. The molecule has 5 nitrogen and oxygen atoms in total. The van der Waals surface area contributed by atoms with Crippen molar-refractivity contribution >= 4 is 11.9 Å². The van der Waals surface area contributed by atoms with Gasteiger partial charge in [-0.1, -0.05) is 142 Å². The van der Waals surface area contributed by atoms with Crippen molar-refractivity contribution in [2.45, 2.75) is 161 Å². The molecule has 0 bridgehead atoms. The van der Waals surface area contributed by atoms with Crippen molar-refractivity contribution in [3.8, 4) is 0 Å². The zero-order valence-electron chi connectivity index (χ0n) is 22.6. The van der Waals surface area contributed by atoms with E-state index >= 15 is 0 Å². The molecule has 3 unspecified atom stereocenters. The van der Waals surface area contributed by atoms with E-state index in [4.69, 9.17) is 5.73 Å². The lowest BCUT2D eigenvalue weighted by Gasteiger charge is -2.27. The molecule has 5 heteroatoms. The van der Waals surface area contributed by atoms with Crippen molar-refractivity contribution in [3.05, 3.63) is 0 Å². The first kappa shape index (κ1) is 32.9. The second kappa shape index (κ2) is 23.6. The molecule has 0 aromatic carbocycles. The number of hydrogen-bond acceptors (Lipinski definition) is 3. The Hall–Kier alpha value is -1.10. The molecule has 0 amide bonds. The average Bonchev–Trinajstić information content (AvgIpc) is 2.81. The van der Waals surface area contributed by atoms with E-state index < -0.39 is 29.8 Å². The van der Waals surface area contributed by atoms with E-state index in [0.29, 0.717) is 12.8 Å². The Labute approximate surface area is 210 Å². The molecule has 0 saturated heterocycles. The highest BCUT2D eigenvalue weighted by molar-refractivity contribution is 5.76. The fourth-order valence-electron chi connectivity index (χ4n) is 5.05. The molecular weight excluding hydrogens is 426 g/mol. The Kier molecular flexibility index (Phi) is 22.9. The lowest BCUT2D eigenvalue weighted by atomic mass is 9.79. The van der Waals surface area contributed by atoms with Gasteiger partial charge in [0.1, 0.15) is 6.04 Å². The first-order chi connectivity index (χ1) is 16.5. The molecule has 3 atom stereocenters. The zero-order valence-corrected chi connectivity index (χ0v) is 22.6. The molecule has 0 aromatic rings. The normalized spacial score (nSPS) is 14.1. The van der Waals surface area contributed by atoms with E-state index in [1.807, 2.05) is 0 Å². The maximum Gasteiger partial charge on any atom is 0.320 e. The molecule has 34 heavy (non-hydrogen) atoms. The van der Waals surface area contributed by atoms with Crippen LogP contribution >= 0.6 is 0 Å². The van der Waals surface area contributed by atoms with Crippen LogP contribution in [0.15, 0.2) is 0 Å². The Morgan fingerprint density at radius 1 is 0.529 bits per heavy atom. The van der Waals surface area contributed by atoms with Gasteiger partial charge in [0, 0.05) is 0 Å². The summed E-state index contributed by atoms with van der Waals surface area (Å²) in [5.41, 5.74) is 5.98. The first-order valence-corrected chi connectivity index (χ1v) is 14.7. The highest BCUT2D eigenvalue weighted by Gasteiger charge is 2.35. The van der Waals surface area contributed by atoms with Gasteiger partial charge in [-0.05, 0) is 18.8 Å². The van der Waals surface area contributed by atoms with Gasteiger partial charge in [0.2, 0.25) is 0 Å². The van der Waals surface area contributed by atoms with Crippen molar-refractivity contribution in [3.63, 3.8) is 0 Å². The third kappa shape index (κ3) is 18.3. The molecule has 0 spiro atoms. The molecule has 0 rings (SSSR count). The van der Waals surface area contributed by atoms with Crippen LogP contribution in [0.1, 0.15) is 155 Å². The third-order valence-electron chi connectivity index (χ3n) is 7.34. The van der Waals surface area contributed by atoms with Crippen molar-refractivity contribution in [2.75, 3.05) is 0 Å². The monoisotopic (exact) mass is 483 g/mol. The third-order valence-corrected chi connectivity index (χ3v) is 7.34. The van der Waals surface area contributed by atoms with Crippen molar-refractivity contribution in [1.29, 1.82) is 0 Å². The van der Waals surface area contributed by atoms with Crippen LogP contribution < -0.4 is 5.73 Å². The molecule has 0 aromatic heterocycles. The van der Waals surface area contributed by atoms with Crippen molar-refractivity contribution < 1.29 is 19.8 Å². The van der Waals surface area contributed by atoms with Crippen LogP contribution in [0, 0.1) is 11.8 Å². The maximum atomic E-state index is 12.0. The molecule has 0 aliphatic rings. The maximum absolute atomic E-state index is 12.0. The van der Waals surface area contributed by atoms with Crippen molar-refractivity contribution in [2.24, 2.45) is 17.6 Å². The van der Waals surface area contributed by atoms with Gasteiger partial charge in [0.25, 0.3) is 0 Å². The van der Waals surface area contributed by atoms with Gasteiger partial charge in [-0.25, -0.2) is 0 Å². The number of carboxylic acids is 2. The average molecular weight is 484 g/mol. The lowest BCUT2D eigenvalue weighted by Crippen LogP contribution is -2.43. The summed E-state index contributed by atoms with van der Waals surface area (Å²) >= 11 is 0. The predicted octanol–water partition coefficient (Wildman–Crippen LogP) is 8.34.